The maximum Gasteiger partial charge on any atom is 0.259 e. The summed E-state index contributed by atoms with van der Waals surface area (Å²) in [6, 6.07) is 11.3. The summed E-state index contributed by atoms with van der Waals surface area (Å²) < 4.78 is 6.29. The monoisotopic (exact) mass is 402 g/mol. The number of fused-ring (bicyclic) bond motifs is 2. The van der Waals surface area contributed by atoms with Gasteiger partial charge in [0.1, 0.15) is 11.2 Å². The van der Waals surface area contributed by atoms with E-state index in [-0.39, 0.29) is 16.9 Å². The third-order valence-corrected chi connectivity index (χ3v) is 5.99. The minimum absolute atomic E-state index is 0.173. The van der Waals surface area contributed by atoms with Crippen molar-refractivity contribution in [2.45, 2.75) is 24.9 Å². The number of aromatic amines is 1. The van der Waals surface area contributed by atoms with E-state index in [9.17, 15) is 9.59 Å². The van der Waals surface area contributed by atoms with Crippen LogP contribution in [0.2, 0.25) is 0 Å². The lowest BCUT2D eigenvalue weighted by Gasteiger charge is -2.44. The highest BCUT2D eigenvalue weighted by atomic mass is 16.5. The van der Waals surface area contributed by atoms with E-state index in [0.717, 1.165) is 23.2 Å². The van der Waals surface area contributed by atoms with Crippen molar-refractivity contribution in [1.29, 1.82) is 0 Å². The molecule has 7 heteroatoms. The lowest BCUT2D eigenvalue weighted by atomic mass is 9.83. The van der Waals surface area contributed by atoms with Crippen molar-refractivity contribution in [2.75, 3.05) is 19.7 Å². The standard InChI is InChI=1S/C23H22N4O3/c28-19-6-10-24-15-18(19)22(29)27-11-8-23(9-12-27)20-17(7-13-30-23)14-25-21(26-20)16-4-2-1-3-5-16/h1-6,10,14-15H,7-9,11-13H2,(H,24,28). The number of hydrogen-bond donors (Lipinski definition) is 1. The van der Waals surface area contributed by atoms with Gasteiger partial charge in [-0.15, -0.1) is 0 Å². The molecule has 1 N–H and O–H groups in total. The first-order chi connectivity index (χ1) is 14.7. The maximum absolute atomic E-state index is 12.8. The van der Waals surface area contributed by atoms with Gasteiger partial charge in [0.2, 0.25) is 0 Å². The second kappa shape index (κ2) is 7.50. The third-order valence-electron chi connectivity index (χ3n) is 5.99. The molecule has 5 rings (SSSR count). The van der Waals surface area contributed by atoms with Crippen molar-refractivity contribution in [2.24, 2.45) is 0 Å². The average molecular weight is 402 g/mol. The fourth-order valence-electron chi connectivity index (χ4n) is 4.34. The van der Waals surface area contributed by atoms with Crippen LogP contribution in [-0.4, -0.2) is 45.5 Å². The van der Waals surface area contributed by atoms with Gasteiger partial charge in [-0.1, -0.05) is 30.3 Å². The molecular weight excluding hydrogens is 380 g/mol. The normalized spacial score (nSPS) is 17.5. The van der Waals surface area contributed by atoms with Gasteiger partial charge in [-0.05, 0) is 24.8 Å². The van der Waals surface area contributed by atoms with Crippen molar-refractivity contribution in [3.8, 4) is 11.4 Å². The van der Waals surface area contributed by atoms with E-state index < -0.39 is 5.60 Å². The van der Waals surface area contributed by atoms with Gasteiger partial charge in [-0.25, -0.2) is 9.97 Å². The smallest absolute Gasteiger partial charge is 0.259 e. The summed E-state index contributed by atoms with van der Waals surface area (Å²) in [5.41, 5.74) is 2.41. The highest BCUT2D eigenvalue weighted by Gasteiger charge is 2.43. The largest absolute Gasteiger partial charge is 0.368 e. The Bertz CT molecular complexity index is 1130. The van der Waals surface area contributed by atoms with E-state index in [4.69, 9.17) is 9.72 Å². The van der Waals surface area contributed by atoms with Gasteiger partial charge in [0.15, 0.2) is 11.3 Å². The van der Waals surface area contributed by atoms with Gasteiger partial charge in [0, 0.05) is 43.3 Å². The molecule has 0 radical (unpaired) electrons. The van der Waals surface area contributed by atoms with Crippen LogP contribution in [0.15, 0.2) is 59.8 Å². The zero-order chi connectivity index (χ0) is 20.6. The number of amides is 1. The Hall–Kier alpha value is -3.32. The summed E-state index contributed by atoms with van der Waals surface area (Å²) in [5.74, 6) is 0.448. The van der Waals surface area contributed by atoms with Crippen molar-refractivity contribution in [3.63, 3.8) is 0 Å². The molecular formula is C23H22N4O3. The number of H-pyrrole nitrogens is 1. The number of hydrogen-bond acceptors (Lipinski definition) is 5. The number of nitrogens with zero attached hydrogens (tertiary/aromatic N) is 3. The molecule has 2 aliphatic heterocycles. The number of likely N-dealkylation sites (tertiary alicyclic amines) is 1. The molecule has 0 saturated carbocycles. The van der Waals surface area contributed by atoms with Crippen molar-refractivity contribution < 1.29 is 9.53 Å². The molecule has 152 valence electrons. The Kier molecular flexibility index (Phi) is 4.67. The number of aromatic nitrogens is 3. The molecule has 2 aromatic heterocycles. The number of piperidine rings is 1. The zero-order valence-corrected chi connectivity index (χ0v) is 16.5. The quantitative estimate of drug-likeness (QED) is 0.712. The lowest BCUT2D eigenvalue weighted by Crippen LogP contribution is -2.49. The molecule has 1 saturated heterocycles. The van der Waals surface area contributed by atoms with Crippen LogP contribution in [0.3, 0.4) is 0 Å². The van der Waals surface area contributed by atoms with Crippen molar-refractivity contribution in [3.05, 3.63) is 82.0 Å². The second-order valence-electron chi connectivity index (χ2n) is 7.74. The van der Waals surface area contributed by atoms with Crippen LogP contribution in [0.25, 0.3) is 11.4 Å². The molecule has 2 aliphatic rings. The molecule has 7 nitrogen and oxygen atoms in total. The maximum atomic E-state index is 12.8. The molecule has 4 heterocycles. The number of benzene rings is 1. The number of rotatable bonds is 2. The first-order valence-electron chi connectivity index (χ1n) is 10.2. The minimum Gasteiger partial charge on any atom is -0.368 e. The average Bonchev–Trinajstić information content (AvgIpc) is 2.80. The molecule has 30 heavy (non-hydrogen) atoms. The van der Waals surface area contributed by atoms with E-state index in [1.165, 1.54) is 18.5 Å². The Balaban J connectivity index is 1.42. The van der Waals surface area contributed by atoms with Crippen LogP contribution in [0, 0.1) is 0 Å². The van der Waals surface area contributed by atoms with Crippen LogP contribution in [0.4, 0.5) is 0 Å². The summed E-state index contributed by atoms with van der Waals surface area (Å²) >= 11 is 0. The Morgan fingerprint density at radius 2 is 1.93 bits per heavy atom. The first kappa shape index (κ1) is 18.7. The summed E-state index contributed by atoms with van der Waals surface area (Å²) in [4.78, 5) is 38.9. The van der Waals surface area contributed by atoms with Crippen molar-refractivity contribution >= 4 is 5.91 Å². The first-order valence-corrected chi connectivity index (χ1v) is 10.2. The molecule has 0 bridgehead atoms. The SMILES string of the molecule is O=C(c1c[nH]ccc1=O)N1CCC2(CC1)OCCc1cnc(-c3ccccc3)nc12. The second-order valence-corrected chi connectivity index (χ2v) is 7.74. The molecule has 1 amide bonds. The lowest BCUT2D eigenvalue weighted by molar-refractivity contribution is -0.0967. The fourth-order valence-corrected chi connectivity index (χ4v) is 4.34. The van der Waals surface area contributed by atoms with Gasteiger partial charge >= 0.3 is 0 Å². The van der Waals surface area contributed by atoms with E-state index in [2.05, 4.69) is 9.97 Å². The van der Waals surface area contributed by atoms with E-state index >= 15 is 0 Å². The van der Waals surface area contributed by atoms with Gasteiger partial charge in [0.05, 0.1) is 12.3 Å². The number of carbonyl (C=O) groups excluding carboxylic acids is 1. The Morgan fingerprint density at radius 3 is 2.70 bits per heavy atom. The highest BCUT2D eigenvalue weighted by molar-refractivity contribution is 5.93. The molecule has 0 unspecified atom stereocenters. The minimum atomic E-state index is -0.514. The predicted octanol–water partition coefficient (Wildman–Crippen LogP) is 2.54. The molecule has 1 fully saturated rings. The predicted molar refractivity (Wildman–Crippen MR) is 111 cm³/mol. The van der Waals surface area contributed by atoms with Crippen LogP contribution in [-0.2, 0) is 16.8 Å². The molecule has 3 aromatic rings. The topological polar surface area (TPSA) is 88.2 Å². The van der Waals surface area contributed by atoms with Gasteiger partial charge in [0.25, 0.3) is 5.91 Å². The summed E-state index contributed by atoms with van der Waals surface area (Å²) in [5, 5.41) is 0. The number of ether oxygens (including phenoxy) is 1. The van der Waals surface area contributed by atoms with Crippen LogP contribution in [0.5, 0.6) is 0 Å². The zero-order valence-electron chi connectivity index (χ0n) is 16.5. The number of pyridine rings is 1. The summed E-state index contributed by atoms with van der Waals surface area (Å²) in [7, 11) is 0. The van der Waals surface area contributed by atoms with Crippen LogP contribution >= 0.6 is 0 Å². The van der Waals surface area contributed by atoms with Gasteiger partial charge in [-0.2, -0.15) is 0 Å². The fraction of sp³-hybridized carbons (Fsp3) is 0.304. The molecule has 1 spiro atoms. The van der Waals surface area contributed by atoms with Crippen molar-refractivity contribution in [1.82, 2.24) is 19.9 Å². The van der Waals surface area contributed by atoms with Gasteiger partial charge in [-0.3, -0.25) is 9.59 Å². The van der Waals surface area contributed by atoms with E-state index in [1.807, 2.05) is 36.5 Å². The van der Waals surface area contributed by atoms with Gasteiger partial charge < -0.3 is 14.6 Å². The number of carbonyl (C=O) groups is 1. The Morgan fingerprint density at radius 1 is 1.13 bits per heavy atom. The van der Waals surface area contributed by atoms with E-state index in [1.54, 1.807) is 4.90 Å². The van der Waals surface area contributed by atoms with Crippen LogP contribution in [0.1, 0.15) is 34.5 Å². The summed E-state index contributed by atoms with van der Waals surface area (Å²) in [6.45, 7) is 1.64. The van der Waals surface area contributed by atoms with Crippen LogP contribution < -0.4 is 5.43 Å². The number of nitrogens with one attached hydrogen (secondary N) is 1. The summed E-state index contributed by atoms with van der Waals surface area (Å²) in [6.07, 6.45) is 6.98. The Labute approximate surface area is 173 Å². The molecule has 0 aliphatic carbocycles. The third kappa shape index (κ3) is 3.21. The molecule has 1 aromatic carbocycles. The highest BCUT2D eigenvalue weighted by Crippen LogP contribution is 2.41. The van der Waals surface area contributed by atoms with E-state index in [0.29, 0.717) is 38.4 Å². The molecule has 0 atom stereocenters.